The highest BCUT2D eigenvalue weighted by atomic mass is 31.1. The molecule has 1 aliphatic rings. The highest BCUT2D eigenvalue weighted by molar-refractivity contribution is 7.36. The Morgan fingerprint density at radius 2 is 2.23 bits per heavy atom. The Kier molecular flexibility index (Phi) is 7.04. The molecule has 2 N–H and O–H groups in total. The van der Waals surface area contributed by atoms with Crippen LogP contribution in [0.2, 0.25) is 0 Å². The van der Waals surface area contributed by atoms with Gasteiger partial charge in [0.25, 0.3) is 8.18 Å². The lowest BCUT2D eigenvalue weighted by Crippen LogP contribution is -2.37. The van der Waals surface area contributed by atoms with Crippen molar-refractivity contribution in [2.24, 2.45) is 0 Å². The van der Waals surface area contributed by atoms with E-state index in [-0.39, 0.29) is 18.3 Å². The third-order valence-corrected chi connectivity index (χ3v) is 4.87. The molecule has 1 saturated heterocycles. The molecule has 26 heavy (non-hydrogen) atoms. The van der Waals surface area contributed by atoms with E-state index in [1.165, 1.54) is 31.0 Å². The molecule has 1 fully saturated rings. The average Bonchev–Trinajstić information content (AvgIpc) is 2.87. The minimum atomic E-state index is -2.42. The number of carbonyl (C=O) groups is 1. The molecule has 2 rings (SSSR count). The van der Waals surface area contributed by atoms with Crippen molar-refractivity contribution in [2.45, 2.75) is 31.5 Å². The molecule has 0 aromatic carbocycles. The molecule has 5 unspecified atom stereocenters. The van der Waals surface area contributed by atoms with E-state index in [1.807, 2.05) is 0 Å². The maximum Gasteiger partial charge on any atom is 0.351 e. The molecule has 11 nitrogen and oxygen atoms in total. The predicted octanol–water partition coefficient (Wildman–Crippen LogP) is -0.557. The lowest BCUT2D eigenvalue weighted by atomic mass is 10.1. The molecule has 1 aromatic heterocycles. The van der Waals surface area contributed by atoms with E-state index in [4.69, 9.17) is 14.0 Å². The first kappa shape index (κ1) is 20.7. The maximum absolute atomic E-state index is 12.2. The summed E-state index contributed by atoms with van der Waals surface area (Å²) in [7, 11) is 2.17. The number of aromatic nitrogens is 2. The molecule has 0 bridgehead atoms. The van der Waals surface area contributed by atoms with Gasteiger partial charge in [-0.05, 0) is 20.2 Å². The monoisotopic (exact) mass is 390 g/mol. The molecular formula is C14H23N4O7P. The normalized spacial score (nSPS) is 26.8. The van der Waals surface area contributed by atoms with Crippen LogP contribution in [0.3, 0.4) is 0 Å². The van der Waals surface area contributed by atoms with E-state index in [1.54, 1.807) is 14.1 Å². The molecule has 12 heteroatoms. The first-order valence-corrected chi connectivity index (χ1v) is 9.08. The van der Waals surface area contributed by atoms with Gasteiger partial charge in [-0.25, -0.2) is 9.46 Å². The summed E-state index contributed by atoms with van der Waals surface area (Å²) < 4.78 is 30.4. The fraction of sp³-hybridized carbons (Fsp3) is 0.643. The second kappa shape index (κ2) is 8.85. The van der Waals surface area contributed by atoms with Crippen LogP contribution in [0.4, 0.5) is 5.82 Å². The van der Waals surface area contributed by atoms with E-state index < -0.39 is 38.4 Å². The van der Waals surface area contributed by atoms with E-state index in [2.05, 4.69) is 10.3 Å². The van der Waals surface area contributed by atoms with Crippen LogP contribution >= 0.6 is 8.18 Å². The van der Waals surface area contributed by atoms with Gasteiger partial charge in [-0.2, -0.15) is 4.98 Å². The highest BCUT2D eigenvalue weighted by Gasteiger charge is 2.45. The van der Waals surface area contributed by atoms with Crippen molar-refractivity contribution >= 4 is 19.9 Å². The maximum atomic E-state index is 12.2. The van der Waals surface area contributed by atoms with Gasteiger partial charge in [-0.3, -0.25) is 13.9 Å². The zero-order valence-electron chi connectivity index (χ0n) is 14.9. The van der Waals surface area contributed by atoms with E-state index >= 15 is 0 Å². The van der Waals surface area contributed by atoms with Crippen molar-refractivity contribution in [3.8, 4) is 0 Å². The van der Waals surface area contributed by atoms with Crippen molar-refractivity contribution in [2.75, 3.05) is 33.1 Å². The molecule has 0 radical (unpaired) electrons. The molecule has 1 aromatic rings. The Bertz CT molecular complexity index is 725. The molecule has 0 saturated carbocycles. The van der Waals surface area contributed by atoms with Crippen LogP contribution < -0.4 is 11.0 Å². The summed E-state index contributed by atoms with van der Waals surface area (Å²) in [6.07, 6.45) is -2.34. The van der Waals surface area contributed by atoms with Gasteiger partial charge in [-0.15, -0.1) is 0 Å². The summed E-state index contributed by atoms with van der Waals surface area (Å²) in [4.78, 5) is 27.0. The average molecular weight is 390 g/mol. The van der Waals surface area contributed by atoms with Gasteiger partial charge in [0.2, 0.25) is 5.91 Å². The van der Waals surface area contributed by atoms with Gasteiger partial charge < -0.3 is 24.4 Å². The molecule has 5 atom stereocenters. The van der Waals surface area contributed by atoms with Crippen molar-refractivity contribution in [1.29, 1.82) is 0 Å². The second-order valence-electron chi connectivity index (χ2n) is 5.91. The molecule has 146 valence electrons. The number of nitrogens with zero attached hydrogens (tertiary/aromatic N) is 3. The number of aliphatic hydroxyl groups excluding tert-OH is 1. The molecule has 0 spiro atoms. The van der Waals surface area contributed by atoms with Crippen LogP contribution in [0, 0.1) is 0 Å². The number of rotatable bonds is 7. The summed E-state index contributed by atoms with van der Waals surface area (Å²) >= 11 is 0. The van der Waals surface area contributed by atoms with Crippen LogP contribution in [0.25, 0.3) is 0 Å². The lowest BCUT2D eigenvalue weighted by molar-refractivity contribution is -0.114. The first-order chi connectivity index (χ1) is 12.2. The van der Waals surface area contributed by atoms with Gasteiger partial charge in [-0.1, -0.05) is 0 Å². The van der Waals surface area contributed by atoms with E-state index in [9.17, 15) is 19.3 Å². The van der Waals surface area contributed by atoms with Gasteiger partial charge in [0.1, 0.15) is 24.1 Å². The lowest BCUT2D eigenvalue weighted by Gasteiger charge is -2.20. The predicted molar refractivity (Wildman–Crippen MR) is 92.2 cm³/mol. The molecule has 1 amide bonds. The zero-order chi connectivity index (χ0) is 19.4. The molecule has 1 aliphatic heterocycles. The fourth-order valence-electron chi connectivity index (χ4n) is 2.47. The topological polar surface area (TPSA) is 132 Å². The number of carbonyl (C=O) groups excluding carboxylic acids is 1. The number of aliphatic hydroxyl groups is 1. The second-order valence-corrected chi connectivity index (χ2v) is 7.63. The summed E-state index contributed by atoms with van der Waals surface area (Å²) in [6.45, 7) is 1.17. The Hall–Kier alpha value is -1.62. The Morgan fingerprint density at radius 1 is 1.54 bits per heavy atom. The van der Waals surface area contributed by atoms with Gasteiger partial charge in [0, 0.05) is 20.2 Å². The van der Waals surface area contributed by atoms with Crippen LogP contribution in [0.15, 0.2) is 17.1 Å². The van der Waals surface area contributed by atoms with Crippen LogP contribution in [-0.2, 0) is 23.4 Å². The van der Waals surface area contributed by atoms with E-state index in [0.29, 0.717) is 0 Å². The molecule has 2 heterocycles. The summed E-state index contributed by atoms with van der Waals surface area (Å²) in [6, 6.07) is 1.43. The number of anilines is 1. The fourth-order valence-corrected chi connectivity index (χ4v) is 3.04. The standard InChI is InChI=1S/C14H23N4O7P/c1-8(19)15-10-5-6-18(14(21)16-10)13-12(23-4)11(20)9(25-13)7-24-26(22)17(2)3/h5-6,9,11-13,20,26H,7H2,1-4H3,(H,15,16,19,21). The quantitative estimate of drug-likeness (QED) is 0.588. The summed E-state index contributed by atoms with van der Waals surface area (Å²) in [5.41, 5.74) is -0.682. The number of hydrogen-bond donors (Lipinski definition) is 2. The number of nitrogens with one attached hydrogen (secondary N) is 1. The number of methoxy groups -OCH3 is 1. The summed E-state index contributed by atoms with van der Waals surface area (Å²) in [5.74, 6) is -0.249. The Morgan fingerprint density at radius 3 is 2.77 bits per heavy atom. The van der Waals surface area contributed by atoms with Crippen molar-refractivity contribution in [1.82, 2.24) is 14.2 Å². The Balaban J connectivity index is 2.16. The zero-order valence-corrected chi connectivity index (χ0v) is 15.9. The summed E-state index contributed by atoms with van der Waals surface area (Å²) in [5, 5.41) is 12.8. The smallest absolute Gasteiger partial charge is 0.351 e. The van der Waals surface area contributed by atoms with Crippen LogP contribution in [0.1, 0.15) is 13.2 Å². The number of ether oxygens (including phenoxy) is 2. The largest absolute Gasteiger partial charge is 0.387 e. The van der Waals surface area contributed by atoms with Gasteiger partial charge >= 0.3 is 5.69 Å². The number of amides is 1. The molecule has 0 aliphatic carbocycles. The number of hydrogen-bond acceptors (Lipinski definition) is 8. The van der Waals surface area contributed by atoms with Gasteiger partial charge in [0.15, 0.2) is 6.23 Å². The van der Waals surface area contributed by atoms with Gasteiger partial charge in [0.05, 0.1) is 6.61 Å². The first-order valence-electron chi connectivity index (χ1n) is 7.81. The third-order valence-electron chi connectivity index (χ3n) is 3.73. The highest BCUT2D eigenvalue weighted by Crippen LogP contribution is 2.33. The van der Waals surface area contributed by atoms with E-state index in [0.717, 1.165) is 4.57 Å². The minimum Gasteiger partial charge on any atom is -0.387 e. The minimum absolute atomic E-state index is 0.107. The third kappa shape index (κ3) is 4.76. The van der Waals surface area contributed by atoms with Crippen molar-refractivity contribution in [3.05, 3.63) is 22.7 Å². The van der Waals surface area contributed by atoms with Crippen LogP contribution in [-0.4, -0.2) is 71.4 Å². The SMILES string of the molecule is COC1C(O)C(CO[PH](=O)N(C)C)OC1n1ccc(NC(C)=O)nc1=O. The molecular weight excluding hydrogens is 367 g/mol. The van der Waals surface area contributed by atoms with Crippen molar-refractivity contribution < 1.29 is 28.5 Å². The van der Waals surface area contributed by atoms with Crippen LogP contribution in [0.5, 0.6) is 0 Å². The Labute approximate surface area is 150 Å². The van der Waals surface area contributed by atoms with Crippen molar-refractivity contribution in [3.63, 3.8) is 0 Å².